The Morgan fingerprint density at radius 1 is 1.03 bits per heavy atom. The number of hydrogen-bond acceptors (Lipinski definition) is 6. The van der Waals surface area contributed by atoms with Gasteiger partial charge in [-0.3, -0.25) is 9.59 Å². The van der Waals surface area contributed by atoms with Crippen molar-refractivity contribution in [3.63, 3.8) is 0 Å². The summed E-state index contributed by atoms with van der Waals surface area (Å²) in [6.07, 6.45) is -0.407. The third-order valence-electron chi connectivity index (χ3n) is 5.96. The van der Waals surface area contributed by atoms with Crippen LogP contribution in [0.2, 0.25) is 0 Å². The summed E-state index contributed by atoms with van der Waals surface area (Å²) in [7, 11) is 1.56. The first-order valence-corrected chi connectivity index (χ1v) is 13.2. The number of aliphatic hydroxyl groups excluding tert-OH is 1. The monoisotopic (exact) mass is 541 g/mol. The minimum atomic E-state index is -1.07. The number of ether oxygens (including phenoxy) is 2. The molecule has 0 aliphatic heterocycles. The molecular weight excluding hydrogens is 498 g/mol. The lowest BCUT2D eigenvalue weighted by Gasteiger charge is -2.35. The van der Waals surface area contributed by atoms with Crippen LogP contribution in [-0.4, -0.2) is 59.8 Å². The summed E-state index contributed by atoms with van der Waals surface area (Å²) in [6, 6.07) is 10.5. The zero-order valence-corrected chi connectivity index (χ0v) is 24.3. The van der Waals surface area contributed by atoms with Crippen molar-refractivity contribution in [1.82, 2.24) is 10.2 Å². The van der Waals surface area contributed by atoms with Crippen molar-refractivity contribution in [1.29, 1.82) is 0 Å². The fourth-order valence-corrected chi connectivity index (χ4v) is 4.29. The van der Waals surface area contributed by atoms with Crippen molar-refractivity contribution in [3.8, 4) is 5.75 Å². The number of nitrogens with one attached hydrogen (secondary N) is 2. The Labute approximate surface area is 231 Å². The maximum Gasteiger partial charge on any atom is 0.408 e. The lowest BCUT2D eigenvalue weighted by molar-refractivity contribution is -0.141. The maximum atomic E-state index is 14.1. The van der Waals surface area contributed by atoms with Crippen molar-refractivity contribution < 1.29 is 29.0 Å². The summed E-state index contributed by atoms with van der Waals surface area (Å²) in [5.41, 5.74) is 2.22. The van der Waals surface area contributed by atoms with Crippen LogP contribution in [0.1, 0.15) is 63.8 Å². The highest BCUT2D eigenvalue weighted by molar-refractivity contribution is 5.99. The molecular formula is C30H43N3O6. The van der Waals surface area contributed by atoms with E-state index in [1.54, 1.807) is 52.1 Å². The number of anilines is 1. The van der Waals surface area contributed by atoms with E-state index in [1.807, 2.05) is 45.9 Å². The lowest BCUT2D eigenvalue weighted by Crippen LogP contribution is -2.53. The van der Waals surface area contributed by atoms with E-state index < -0.39 is 35.6 Å². The number of aryl methyl sites for hydroxylation is 2. The van der Waals surface area contributed by atoms with Crippen LogP contribution >= 0.6 is 0 Å². The van der Waals surface area contributed by atoms with Crippen LogP contribution in [0.5, 0.6) is 5.75 Å². The molecule has 0 saturated carbocycles. The number of hydrogen-bond donors (Lipinski definition) is 3. The first-order chi connectivity index (χ1) is 18.2. The van der Waals surface area contributed by atoms with E-state index in [9.17, 15) is 19.5 Å². The number of alkyl carbamates (subject to hydrolysis) is 1. The van der Waals surface area contributed by atoms with Crippen LogP contribution in [0.15, 0.2) is 42.5 Å². The summed E-state index contributed by atoms with van der Waals surface area (Å²) in [4.78, 5) is 41.9. The average Bonchev–Trinajstić information content (AvgIpc) is 2.83. The van der Waals surface area contributed by atoms with Gasteiger partial charge in [0, 0.05) is 12.2 Å². The minimum Gasteiger partial charge on any atom is -0.497 e. The van der Waals surface area contributed by atoms with Gasteiger partial charge < -0.3 is 30.1 Å². The van der Waals surface area contributed by atoms with Gasteiger partial charge in [0.05, 0.1) is 13.7 Å². The normalized spacial score (nSPS) is 12.9. The van der Waals surface area contributed by atoms with Crippen molar-refractivity contribution in [2.75, 3.05) is 25.6 Å². The van der Waals surface area contributed by atoms with Crippen molar-refractivity contribution >= 4 is 23.6 Å². The maximum absolute atomic E-state index is 14.1. The Kier molecular flexibility index (Phi) is 11.3. The molecule has 3 amide bonds. The van der Waals surface area contributed by atoms with Crippen LogP contribution in [0.3, 0.4) is 0 Å². The number of aliphatic hydroxyl groups is 1. The van der Waals surface area contributed by atoms with Gasteiger partial charge in [0.15, 0.2) is 0 Å². The van der Waals surface area contributed by atoms with Gasteiger partial charge in [0.1, 0.15) is 23.4 Å². The second kappa shape index (κ2) is 14.0. The van der Waals surface area contributed by atoms with Crippen LogP contribution in [0.4, 0.5) is 10.5 Å². The van der Waals surface area contributed by atoms with E-state index in [0.717, 1.165) is 11.1 Å². The molecule has 2 atom stereocenters. The number of carbonyl (C=O) groups excluding carboxylic acids is 3. The lowest BCUT2D eigenvalue weighted by atomic mass is 9.95. The molecule has 0 bridgehead atoms. The molecule has 214 valence electrons. The van der Waals surface area contributed by atoms with Crippen LogP contribution < -0.4 is 15.4 Å². The fourth-order valence-electron chi connectivity index (χ4n) is 4.29. The first-order valence-electron chi connectivity index (χ1n) is 13.2. The topological polar surface area (TPSA) is 117 Å². The SMILES string of the molecule is COc1ccc(NC(=O)C(c2ccc(C)cc2C)N(CCO)C(=O)C(CC(C)C)NC(=O)OC(C)(C)C)cc1. The Hall–Kier alpha value is -3.59. The molecule has 0 aliphatic carbocycles. The van der Waals surface area contributed by atoms with Crippen molar-refractivity contribution in [3.05, 3.63) is 59.2 Å². The van der Waals surface area contributed by atoms with Crippen molar-refractivity contribution in [2.45, 2.75) is 72.6 Å². The largest absolute Gasteiger partial charge is 0.497 e. The van der Waals surface area contributed by atoms with Gasteiger partial charge in [-0.1, -0.05) is 37.6 Å². The molecule has 0 radical (unpaired) electrons. The van der Waals surface area contributed by atoms with E-state index in [-0.39, 0.29) is 19.1 Å². The molecule has 9 nitrogen and oxygen atoms in total. The second-order valence-electron chi connectivity index (χ2n) is 11.1. The highest BCUT2D eigenvalue weighted by Gasteiger charge is 2.37. The van der Waals surface area contributed by atoms with Crippen LogP contribution in [0.25, 0.3) is 0 Å². The first kappa shape index (κ1) is 31.6. The molecule has 2 aromatic carbocycles. The predicted octanol–water partition coefficient (Wildman–Crippen LogP) is 4.75. The molecule has 0 aromatic heterocycles. The number of carbonyl (C=O) groups is 3. The molecule has 0 heterocycles. The average molecular weight is 542 g/mol. The molecule has 3 N–H and O–H groups in total. The number of amides is 3. The van der Waals surface area contributed by atoms with Gasteiger partial charge in [-0.05, 0) is 82.3 Å². The molecule has 0 aliphatic rings. The van der Waals surface area contributed by atoms with Crippen LogP contribution in [0, 0.1) is 19.8 Å². The number of rotatable bonds is 11. The summed E-state index contributed by atoms with van der Waals surface area (Å²) in [5.74, 6) is -0.244. The summed E-state index contributed by atoms with van der Waals surface area (Å²) < 4.78 is 10.6. The molecule has 2 unspecified atom stereocenters. The number of nitrogens with zero attached hydrogens (tertiary/aromatic N) is 1. The van der Waals surface area contributed by atoms with E-state index in [0.29, 0.717) is 23.4 Å². The third kappa shape index (κ3) is 9.58. The standard InChI is InChI=1S/C30H43N3O6/c1-19(2)17-25(32-29(37)39-30(5,6)7)28(36)33(15-16-34)26(24-14-9-20(3)18-21(24)4)27(35)31-22-10-12-23(38-8)13-11-22/h9-14,18-19,25-26,34H,15-17H2,1-8H3,(H,31,35)(H,32,37). The van der Waals surface area contributed by atoms with E-state index in [4.69, 9.17) is 9.47 Å². The van der Waals surface area contributed by atoms with Crippen molar-refractivity contribution in [2.24, 2.45) is 5.92 Å². The Balaban J connectivity index is 2.53. The summed E-state index contributed by atoms with van der Waals surface area (Å²) in [5, 5.41) is 15.6. The van der Waals surface area contributed by atoms with Gasteiger partial charge in [-0.25, -0.2) is 4.79 Å². The zero-order chi connectivity index (χ0) is 29.3. The van der Waals surface area contributed by atoms with Gasteiger partial charge in [0.2, 0.25) is 5.91 Å². The van der Waals surface area contributed by atoms with E-state index in [2.05, 4.69) is 10.6 Å². The van der Waals surface area contributed by atoms with Gasteiger partial charge in [-0.15, -0.1) is 0 Å². The van der Waals surface area contributed by atoms with Gasteiger partial charge in [-0.2, -0.15) is 0 Å². The molecule has 9 heteroatoms. The highest BCUT2D eigenvalue weighted by atomic mass is 16.6. The predicted molar refractivity (Wildman–Crippen MR) is 152 cm³/mol. The Bertz CT molecular complexity index is 1120. The molecule has 0 saturated heterocycles. The van der Waals surface area contributed by atoms with E-state index in [1.165, 1.54) is 4.90 Å². The van der Waals surface area contributed by atoms with Crippen LogP contribution in [-0.2, 0) is 14.3 Å². The zero-order valence-electron chi connectivity index (χ0n) is 24.3. The fraction of sp³-hybridized carbons (Fsp3) is 0.500. The smallest absolute Gasteiger partial charge is 0.408 e. The number of benzene rings is 2. The third-order valence-corrected chi connectivity index (χ3v) is 5.96. The second-order valence-corrected chi connectivity index (χ2v) is 11.1. The molecule has 2 rings (SSSR count). The van der Waals surface area contributed by atoms with Gasteiger partial charge >= 0.3 is 6.09 Å². The van der Waals surface area contributed by atoms with E-state index >= 15 is 0 Å². The van der Waals surface area contributed by atoms with Gasteiger partial charge in [0.25, 0.3) is 5.91 Å². The molecule has 2 aromatic rings. The number of methoxy groups -OCH3 is 1. The quantitative estimate of drug-likeness (QED) is 0.378. The molecule has 39 heavy (non-hydrogen) atoms. The summed E-state index contributed by atoms with van der Waals surface area (Å²) in [6.45, 7) is 12.4. The molecule has 0 spiro atoms. The minimum absolute atomic E-state index is 0.0533. The molecule has 0 fully saturated rings. The Morgan fingerprint density at radius 2 is 1.67 bits per heavy atom. The summed E-state index contributed by atoms with van der Waals surface area (Å²) >= 11 is 0. The Morgan fingerprint density at radius 3 is 2.18 bits per heavy atom. The highest BCUT2D eigenvalue weighted by Crippen LogP contribution is 2.28.